The molecule has 1 heterocycles. The number of aryl methyl sites for hydroxylation is 1. The summed E-state index contributed by atoms with van der Waals surface area (Å²) in [5.74, 6) is 0. The number of hydrogen-bond acceptors (Lipinski definition) is 2. The zero-order valence-corrected chi connectivity index (χ0v) is 15.0. The van der Waals surface area contributed by atoms with E-state index < -0.39 is 5.60 Å². The fourth-order valence-corrected chi connectivity index (χ4v) is 3.63. The van der Waals surface area contributed by atoms with E-state index >= 15 is 0 Å². The van der Waals surface area contributed by atoms with Crippen molar-refractivity contribution in [1.82, 2.24) is 4.57 Å². The first kappa shape index (κ1) is 14.8. The number of fused-ring (bicyclic) bond motifs is 1. The molecule has 0 aliphatic carbocycles. The van der Waals surface area contributed by atoms with Crippen LogP contribution >= 0.6 is 38.5 Å². The Kier molecular flexibility index (Phi) is 3.97. The van der Waals surface area contributed by atoms with Crippen molar-refractivity contribution in [2.24, 2.45) is 0 Å². The molecule has 0 bridgehead atoms. The van der Waals surface area contributed by atoms with Crippen molar-refractivity contribution < 1.29 is 9.53 Å². The van der Waals surface area contributed by atoms with Gasteiger partial charge in [0.05, 0.1) is 5.52 Å². The number of carbonyl (C=O) groups excluding carboxylic acids is 1. The van der Waals surface area contributed by atoms with Crippen LogP contribution in [0.5, 0.6) is 0 Å². The molecule has 0 atom stereocenters. The highest BCUT2D eigenvalue weighted by Crippen LogP contribution is 2.32. The highest BCUT2D eigenvalue weighted by atomic mass is 127. The molecule has 1 aromatic heterocycles. The SMILES string of the molecule is Cc1ccc(Br)c2c(I)cn(C(=O)OC(C)(C)C)c12. The molecule has 0 fully saturated rings. The van der Waals surface area contributed by atoms with Gasteiger partial charge in [0.25, 0.3) is 0 Å². The summed E-state index contributed by atoms with van der Waals surface area (Å²) in [5.41, 5.74) is 1.44. The first-order chi connectivity index (χ1) is 8.70. The zero-order valence-electron chi connectivity index (χ0n) is 11.3. The van der Waals surface area contributed by atoms with Crippen LogP contribution in [0, 0.1) is 10.5 Å². The normalized spacial score (nSPS) is 11.9. The number of carbonyl (C=O) groups is 1. The Bertz CT molecular complexity index is 655. The minimum absolute atomic E-state index is 0.346. The maximum absolute atomic E-state index is 12.3. The first-order valence-electron chi connectivity index (χ1n) is 5.90. The summed E-state index contributed by atoms with van der Waals surface area (Å²) in [5, 5.41) is 1.05. The van der Waals surface area contributed by atoms with E-state index in [4.69, 9.17) is 4.74 Å². The van der Waals surface area contributed by atoms with Crippen molar-refractivity contribution >= 4 is 55.5 Å². The topological polar surface area (TPSA) is 31.2 Å². The molecular formula is C14H15BrINO2. The monoisotopic (exact) mass is 435 g/mol. The largest absolute Gasteiger partial charge is 0.443 e. The Hall–Kier alpha value is -0.560. The molecular weight excluding hydrogens is 421 g/mol. The van der Waals surface area contributed by atoms with Crippen LogP contribution in [0.3, 0.4) is 0 Å². The third-order valence-electron chi connectivity index (χ3n) is 2.64. The van der Waals surface area contributed by atoms with Crippen LogP contribution in [0.1, 0.15) is 26.3 Å². The Morgan fingerprint density at radius 1 is 1.37 bits per heavy atom. The summed E-state index contributed by atoms with van der Waals surface area (Å²) >= 11 is 5.77. The summed E-state index contributed by atoms with van der Waals surface area (Å²) in [6, 6.07) is 3.99. The molecule has 3 nitrogen and oxygen atoms in total. The Labute approximate surface area is 134 Å². The molecule has 0 N–H and O–H groups in total. The number of benzene rings is 1. The third kappa shape index (κ3) is 2.97. The minimum Gasteiger partial charge on any atom is -0.443 e. The van der Waals surface area contributed by atoms with Crippen LogP contribution < -0.4 is 0 Å². The van der Waals surface area contributed by atoms with Crippen molar-refractivity contribution in [3.8, 4) is 0 Å². The second kappa shape index (κ2) is 5.09. The molecule has 102 valence electrons. The van der Waals surface area contributed by atoms with Gasteiger partial charge in [-0.3, -0.25) is 4.57 Å². The Balaban J connectivity index is 2.63. The second-order valence-corrected chi connectivity index (χ2v) is 7.43. The molecule has 2 rings (SSSR count). The lowest BCUT2D eigenvalue weighted by Crippen LogP contribution is -2.26. The molecule has 0 saturated carbocycles. The summed E-state index contributed by atoms with van der Waals surface area (Å²) in [6.07, 6.45) is 1.47. The van der Waals surface area contributed by atoms with Gasteiger partial charge in [-0.1, -0.05) is 22.0 Å². The van der Waals surface area contributed by atoms with Crippen LogP contribution in [0.15, 0.2) is 22.8 Å². The van der Waals surface area contributed by atoms with Crippen LogP contribution in [0.25, 0.3) is 10.9 Å². The van der Waals surface area contributed by atoms with Crippen LogP contribution in [0.4, 0.5) is 4.79 Å². The highest BCUT2D eigenvalue weighted by molar-refractivity contribution is 14.1. The van der Waals surface area contributed by atoms with Crippen molar-refractivity contribution in [2.45, 2.75) is 33.3 Å². The summed E-state index contributed by atoms with van der Waals surface area (Å²) < 4.78 is 9.04. The van der Waals surface area contributed by atoms with Crippen LogP contribution in [-0.4, -0.2) is 16.3 Å². The molecule has 0 spiro atoms. The zero-order chi connectivity index (χ0) is 14.4. The fourth-order valence-electron chi connectivity index (χ4n) is 1.91. The van der Waals surface area contributed by atoms with Gasteiger partial charge in [-0.15, -0.1) is 0 Å². The van der Waals surface area contributed by atoms with E-state index in [0.717, 1.165) is 24.5 Å². The fraction of sp³-hybridized carbons (Fsp3) is 0.357. The number of nitrogens with zero attached hydrogens (tertiary/aromatic N) is 1. The average molecular weight is 436 g/mol. The number of rotatable bonds is 0. The molecule has 2 aromatic rings. The lowest BCUT2D eigenvalue weighted by atomic mass is 10.2. The Morgan fingerprint density at radius 2 is 2.00 bits per heavy atom. The minimum atomic E-state index is -0.501. The standard InChI is InChI=1S/C14H15BrINO2/c1-8-5-6-9(15)11-10(16)7-17(12(8)11)13(18)19-14(2,3)4/h5-7H,1-4H3. The molecule has 0 aliphatic rings. The number of ether oxygens (including phenoxy) is 1. The summed E-state index contributed by atoms with van der Waals surface area (Å²) in [6.45, 7) is 7.59. The van der Waals surface area contributed by atoms with E-state index in [9.17, 15) is 4.79 Å². The van der Waals surface area contributed by atoms with E-state index in [1.165, 1.54) is 0 Å². The van der Waals surface area contributed by atoms with Crippen molar-refractivity contribution in [2.75, 3.05) is 0 Å². The Morgan fingerprint density at radius 3 is 2.58 bits per heavy atom. The molecule has 19 heavy (non-hydrogen) atoms. The van der Waals surface area contributed by atoms with Gasteiger partial charge >= 0.3 is 6.09 Å². The van der Waals surface area contributed by atoms with Gasteiger partial charge in [0.15, 0.2) is 0 Å². The maximum Gasteiger partial charge on any atom is 0.419 e. The predicted molar refractivity (Wildman–Crippen MR) is 88.7 cm³/mol. The first-order valence-corrected chi connectivity index (χ1v) is 7.77. The molecule has 0 amide bonds. The van der Waals surface area contributed by atoms with E-state index in [1.54, 1.807) is 4.57 Å². The third-order valence-corrected chi connectivity index (χ3v) is 4.12. The van der Waals surface area contributed by atoms with Gasteiger partial charge < -0.3 is 4.74 Å². The molecule has 0 aliphatic heterocycles. The maximum atomic E-state index is 12.3. The predicted octanol–water partition coefficient (Wildman–Crippen LogP) is 5.10. The van der Waals surface area contributed by atoms with E-state index in [0.29, 0.717) is 0 Å². The summed E-state index contributed by atoms with van der Waals surface area (Å²) in [7, 11) is 0. The molecule has 1 aromatic carbocycles. The van der Waals surface area contributed by atoms with Gasteiger partial charge in [0.1, 0.15) is 5.60 Å². The molecule has 0 saturated heterocycles. The van der Waals surface area contributed by atoms with Crippen molar-refractivity contribution in [1.29, 1.82) is 0 Å². The van der Waals surface area contributed by atoms with Gasteiger partial charge in [-0.05, 0) is 61.9 Å². The van der Waals surface area contributed by atoms with E-state index in [-0.39, 0.29) is 6.09 Å². The van der Waals surface area contributed by atoms with Gasteiger partial charge in [0.2, 0.25) is 0 Å². The lowest BCUT2D eigenvalue weighted by molar-refractivity contribution is 0.0544. The quantitative estimate of drug-likeness (QED) is 0.539. The van der Waals surface area contributed by atoms with Crippen LogP contribution in [-0.2, 0) is 4.74 Å². The summed E-state index contributed by atoms with van der Waals surface area (Å²) in [4.78, 5) is 12.3. The number of aromatic nitrogens is 1. The van der Waals surface area contributed by atoms with Crippen molar-refractivity contribution in [3.63, 3.8) is 0 Å². The van der Waals surface area contributed by atoms with Gasteiger partial charge in [0, 0.05) is 19.6 Å². The molecule has 5 heteroatoms. The van der Waals surface area contributed by atoms with Crippen molar-refractivity contribution in [3.05, 3.63) is 31.9 Å². The second-order valence-electron chi connectivity index (χ2n) is 5.42. The van der Waals surface area contributed by atoms with Gasteiger partial charge in [-0.25, -0.2) is 4.79 Å². The highest BCUT2D eigenvalue weighted by Gasteiger charge is 2.21. The average Bonchev–Trinajstić information content (AvgIpc) is 2.61. The van der Waals surface area contributed by atoms with Crippen LogP contribution in [0.2, 0.25) is 0 Å². The molecule has 0 unspecified atom stereocenters. The smallest absolute Gasteiger partial charge is 0.419 e. The molecule has 0 radical (unpaired) electrons. The number of halogens is 2. The van der Waals surface area contributed by atoms with E-state index in [2.05, 4.69) is 38.5 Å². The van der Waals surface area contributed by atoms with E-state index in [1.807, 2.05) is 46.0 Å². The lowest BCUT2D eigenvalue weighted by Gasteiger charge is -2.20. The van der Waals surface area contributed by atoms with Gasteiger partial charge in [-0.2, -0.15) is 0 Å². The number of hydrogen-bond donors (Lipinski definition) is 0.